The highest BCUT2D eigenvalue weighted by Crippen LogP contribution is 2.35. The minimum atomic E-state index is -1.04. The molecule has 4 aromatic rings. The first-order chi connectivity index (χ1) is 19.0. The molecule has 9 nitrogen and oxygen atoms in total. The van der Waals surface area contributed by atoms with Crippen molar-refractivity contribution in [2.75, 3.05) is 24.5 Å². The molecule has 1 saturated heterocycles. The number of carbonyl (C=O) groups excluding carboxylic acids is 1. The first kappa shape index (κ1) is 24.1. The zero-order valence-electron chi connectivity index (χ0n) is 21.9. The topological polar surface area (TPSA) is 96.5 Å². The third-order valence-electron chi connectivity index (χ3n) is 8.47. The smallest absolute Gasteiger partial charge is 0.264 e. The Morgan fingerprint density at radius 1 is 1.00 bits per heavy atom. The molecule has 0 atom stereocenters. The summed E-state index contributed by atoms with van der Waals surface area (Å²) in [5.74, 6) is 0.387. The Kier molecular flexibility index (Phi) is 5.77. The van der Waals surface area contributed by atoms with E-state index in [9.17, 15) is 14.7 Å². The normalized spacial score (nSPS) is 18.8. The maximum atomic E-state index is 13.3. The molecule has 1 N–H and O–H groups in total. The van der Waals surface area contributed by atoms with Gasteiger partial charge >= 0.3 is 0 Å². The molecule has 3 aliphatic rings. The summed E-state index contributed by atoms with van der Waals surface area (Å²) < 4.78 is 3.16. The van der Waals surface area contributed by atoms with Crippen LogP contribution >= 0.6 is 0 Å². The number of fused-ring (bicyclic) bond motifs is 2. The van der Waals surface area contributed by atoms with Gasteiger partial charge in [-0.2, -0.15) is 5.10 Å². The van der Waals surface area contributed by atoms with E-state index in [1.54, 1.807) is 10.9 Å². The molecule has 2 fully saturated rings. The SMILES string of the molecule is O=C(C1CC1)N1CCC(O)(Cn2cnc3c(cnn3-c3ccc(N4CCCc5ccccc54)cc3)c2=O)CC1. The standard InChI is InChI=1S/C30H32N6O3/c37-28(22-7-8-22)33-16-13-30(39,14-17-33)19-34-20-31-27-25(29(34)38)18-32-36(27)24-11-9-23(10-12-24)35-15-3-5-21-4-1-2-6-26(21)35/h1-2,4,6,9-12,18,20,22,39H,3,5,7-8,13-17,19H2. The highest BCUT2D eigenvalue weighted by atomic mass is 16.3. The summed E-state index contributed by atoms with van der Waals surface area (Å²) in [5, 5.41) is 16.1. The Morgan fingerprint density at radius 3 is 2.51 bits per heavy atom. The van der Waals surface area contributed by atoms with E-state index < -0.39 is 5.60 Å². The van der Waals surface area contributed by atoms with Gasteiger partial charge in [-0.05, 0) is 74.4 Å². The minimum absolute atomic E-state index is 0.150. The molecule has 200 valence electrons. The highest BCUT2D eigenvalue weighted by Gasteiger charge is 2.39. The van der Waals surface area contributed by atoms with Crippen LogP contribution in [-0.2, 0) is 17.8 Å². The Labute approximate surface area is 226 Å². The molecule has 1 saturated carbocycles. The number of likely N-dealkylation sites (tertiary alicyclic amines) is 1. The van der Waals surface area contributed by atoms with Gasteiger partial charge in [-0.1, -0.05) is 18.2 Å². The number of para-hydroxylation sites is 1. The van der Waals surface area contributed by atoms with Gasteiger partial charge in [-0.3, -0.25) is 14.2 Å². The van der Waals surface area contributed by atoms with Gasteiger partial charge in [0.25, 0.3) is 5.56 Å². The lowest BCUT2D eigenvalue weighted by Gasteiger charge is -2.38. The van der Waals surface area contributed by atoms with E-state index in [1.807, 2.05) is 17.0 Å². The lowest BCUT2D eigenvalue weighted by molar-refractivity contribution is -0.137. The van der Waals surface area contributed by atoms with Gasteiger partial charge in [0.15, 0.2) is 5.65 Å². The van der Waals surface area contributed by atoms with Gasteiger partial charge in [0, 0.05) is 36.9 Å². The van der Waals surface area contributed by atoms with Crippen LogP contribution in [0, 0.1) is 5.92 Å². The predicted octanol–water partition coefficient (Wildman–Crippen LogP) is 3.43. The van der Waals surface area contributed by atoms with Gasteiger partial charge in [0.05, 0.1) is 24.0 Å². The number of nitrogens with zero attached hydrogens (tertiary/aromatic N) is 6. The minimum Gasteiger partial charge on any atom is -0.388 e. The fourth-order valence-corrected chi connectivity index (χ4v) is 6.03. The van der Waals surface area contributed by atoms with Crippen LogP contribution in [0.25, 0.3) is 16.7 Å². The number of anilines is 2. The summed E-state index contributed by atoms with van der Waals surface area (Å²) >= 11 is 0. The second-order valence-electron chi connectivity index (χ2n) is 11.2. The molecule has 4 heterocycles. The number of aryl methyl sites for hydroxylation is 1. The van der Waals surface area contributed by atoms with Crippen molar-refractivity contribution in [1.29, 1.82) is 0 Å². The van der Waals surface area contributed by atoms with Crippen molar-refractivity contribution in [1.82, 2.24) is 24.2 Å². The molecular weight excluding hydrogens is 492 g/mol. The second kappa shape index (κ2) is 9.34. The van der Waals surface area contributed by atoms with Crippen LogP contribution in [0.5, 0.6) is 0 Å². The van der Waals surface area contributed by atoms with Crippen molar-refractivity contribution in [3.63, 3.8) is 0 Å². The van der Waals surface area contributed by atoms with Gasteiger partial charge in [-0.15, -0.1) is 0 Å². The van der Waals surface area contributed by atoms with Crippen molar-refractivity contribution in [2.24, 2.45) is 5.92 Å². The second-order valence-corrected chi connectivity index (χ2v) is 11.2. The fraction of sp³-hybridized carbons (Fsp3) is 0.400. The number of amides is 1. The summed E-state index contributed by atoms with van der Waals surface area (Å²) in [5.41, 5.74) is 3.80. The zero-order valence-corrected chi connectivity index (χ0v) is 21.9. The number of hydrogen-bond acceptors (Lipinski definition) is 6. The molecule has 0 spiro atoms. The van der Waals surface area contributed by atoms with Crippen LogP contribution in [-0.4, -0.2) is 60.5 Å². The average Bonchev–Trinajstić information content (AvgIpc) is 3.73. The molecule has 2 aromatic heterocycles. The van der Waals surface area contributed by atoms with E-state index in [-0.39, 0.29) is 23.9 Å². The van der Waals surface area contributed by atoms with Crippen LogP contribution in [0.2, 0.25) is 0 Å². The van der Waals surface area contributed by atoms with Gasteiger partial charge < -0.3 is 14.9 Å². The van der Waals surface area contributed by atoms with Crippen molar-refractivity contribution in [2.45, 2.75) is 50.7 Å². The largest absolute Gasteiger partial charge is 0.388 e. The molecule has 0 radical (unpaired) electrons. The number of aromatic nitrogens is 4. The first-order valence-electron chi connectivity index (χ1n) is 13.9. The Hall–Kier alpha value is -3.98. The van der Waals surface area contributed by atoms with Crippen molar-refractivity contribution < 1.29 is 9.90 Å². The summed E-state index contributed by atoms with van der Waals surface area (Å²) in [7, 11) is 0. The van der Waals surface area contributed by atoms with E-state index in [1.165, 1.54) is 22.1 Å². The van der Waals surface area contributed by atoms with Gasteiger partial charge in [-0.25, -0.2) is 9.67 Å². The molecule has 7 rings (SSSR count). The number of piperidine rings is 1. The number of hydrogen-bond donors (Lipinski definition) is 1. The summed E-state index contributed by atoms with van der Waals surface area (Å²) in [6.07, 6.45) is 8.12. The van der Waals surface area contributed by atoms with Crippen LogP contribution in [0.4, 0.5) is 11.4 Å². The summed E-state index contributed by atoms with van der Waals surface area (Å²) in [6.45, 7) is 2.17. The number of aliphatic hydroxyl groups is 1. The van der Waals surface area contributed by atoms with Crippen LogP contribution in [0.1, 0.15) is 37.7 Å². The molecular formula is C30H32N6O3. The lowest BCUT2D eigenvalue weighted by atomic mass is 9.91. The maximum Gasteiger partial charge on any atom is 0.264 e. The Morgan fingerprint density at radius 2 is 1.74 bits per heavy atom. The predicted molar refractivity (Wildman–Crippen MR) is 148 cm³/mol. The number of rotatable bonds is 5. The fourth-order valence-electron chi connectivity index (χ4n) is 6.03. The highest BCUT2D eigenvalue weighted by molar-refractivity contribution is 5.81. The van der Waals surface area contributed by atoms with Crippen LogP contribution < -0.4 is 10.5 Å². The third kappa shape index (κ3) is 4.40. The molecule has 1 amide bonds. The summed E-state index contributed by atoms with van der Waals surface area (Å²) in [6, 6.07) is 16.7. The van der Waals surface area contributed by atoms with Crippen LogP contribution in [0.3, 0.4) is 0 Å². The number of benzene rings is 2. The monoisotopic (exact) mass is 524 g/mol. The van der Waals surface area contributed by atoms with Crippen LogP contribution in [0.15, 0.2) is 65.8 Å². The molecule has 2 aromatic carbocycles. The average molecular weight is 525 g/mol. The molecule has 9 heteroatoms. The third-order valence-corrected chi connectivity index (χ3v) is 8.47. The van der Waals surface area contributed by atoms with E-state index in [4.69, 9.17) is 0 Å². The summed E-state index contributed by atoms with van der Waals surface area (Å²) in [4.78, 5) is 34.5. The van der Waals surface area contributed by atoms with Crippen molar-refractivity contribution in [3.8, 4) is 5.69 Å². The van der Waals surface area contributed by atoms with Crippen molar-refractivity contribution >= 4 is 28.3 Å². The molecule has 1 aliphatic carbocycles. The zero-order chi connectivity index (χ0) is 26.6. The van der Waals surface area contributed by atoms with E-state index in [0.717, 1.165) is 43.6 Å². The number of carbonyl (C=O) groups is 1. The van der Waals surface area contributed by atoms with Crippen molar-refractivity contribution in [3.05, 3.63) is 77.0 Å². The molecule has 0 bridgehead atoms. The lowest BCUT2D eigenvalue weighted by Crippen LogP contribution is -2.50. The quantitative estimate of drug-likeness (QED) is 0.430. The van der Waals surface area contributed by atoms with E-state index in [2.05, 4.69) is 51.4 Å². The molecule has 39 heavy (non-hydrogen) atoms. The Balaban J connectivity index is 1.10. The van der Waals surface area contributed by atoms with Gasteiger partial charge in [0.2, 0.25) is 5.91 Å². The maximum absolute atomic E-state index is 13.3. The Bertz CT molecular complexity index is 1600. The van der Waals surface area contributed by atoms with E-state index in [0.29, 0.717) is 37.0 Å². The van der Waals surface area contributed by atoms with Gasteiger partial charge in [0.1, 0.15) is 11.7 Å². The first-order valence-corrected chi connectivity index (χ1v) is 13.9. The molecule has 0 unspecified atom stereocenters. The molecule has 2 aliphatic heterocycles. The van der Waals surface area contributed by atoms with E-state index >= 15 is 0 Å².